The van der Waals surface area contributed by atoms with E-state index in [0.29, 0.717) is 21.8 Å². The van der Waals surface area contributed by atoms with Crippen LogP contribution in [0.25, 0.3) is 22.4 Å². The molecule has 0 unspecified atom stereocenters. The van der Waals surface area contributed by atoms with Gasteiger partial charge in [-0.3, -0.25) is 14.0 Å². The summed E-state index contributed by atoms with van der Waals surface area (Å²) in [6.07, 6.45) is 0. The lowest BCUT2D eigenvalue weighted by Gasteiger charge is -2.14. The first-order valence-corrected chi connectivity index (χ1v) is 11.9. The molecule has 34 heavy (non-hydrogen) atoms. The van der Waals surface area contributed by atoms with Crippen molar-refractivity contribution in [3.05, 3.63) is 93.8 Å². The number of rotatable bonds is 5. The van der Waals surface area contributed by atoms with Crippen molar-refractivity contribution in [3.8, 4) is 5.69 Å². The smallest absolute Gasteiger partial charge is 0.267 e. The largest absolute Gasteiger partial charge is 0.325 e. The van der Waals surface area contributed by atoms with Crippen molar-refractivity contribution < 1.29 is 4.79 Å². The van der Waals surface area contributed by atoms with Gasteiger partial charge in [-0.05, 0) is 61.7 Å². The van der Waals surface area contributed by atoms with Crippen LogP contribution in [0.3, 0.4) is 0 Å². The average molecular weight is 470 g/mol. The van der Waals surface area contributed by atoms with Crippen LogP contribution in [0, 0.1) is 20.8 Å². The van der Waals surface area contributed by atoms with E-state index in [-0.39, 0.29) is 17.2 Å². The van der Waals surface area contributed by atoms with E-state index in [1.165, 1.54) is 11.8 Å². The van der Waals surface area contributed by atoms with E-state index in [1.807, 2.05) is 85.8 Å². The lowest BCUT2D eigenvalue weighted by molar-refractivity contribution is -0.113. The second kappa shape index (κ2) is 8.79. The molecular formula is C26H23N5O2S. The van der Waals surface area contributed by atoms with Gasteiger partial charge >= 0.3 is 0 Å². The molecule has 0 saturated heterocycles. The predicted molar refractivity (Wildman–Crippen MR) is 136 cm³/mol. The Morgan fingerprint density at radius 3 is 2.53 bits per heavy atom. The van der Waals surface area contributed by atoms with Crippen LogP contribution >= 0.6 is 11.8 Å². The molecule has 0 bridgehead atoms. The van der Waals surface area contributed by atoms with E-state index in [0.717, 1.165) is 28.1 Å². The lowest BCUT2D eigenvalue weighted by Crippen LogP contribution is -2.22. The molecule has 0 aliphatic carbocycles. The monoisotopic (exact) mass is 469 g/mol. The van der Waals surface area contributed by atoms with Crippen molar-refractivity contribution >= 4 is 40.0 Å². The summed E-state index contributed by atoms with van der Waals surface area (Å²) in [5.41, 5.74) is 5.10. The van der Waals surface area contributed by atoms with Gasteiger partial charge in [0.2, 0.25) is 11.7 Å². The third kappa shape index (κ3) is 3.86. The van der Waals surface area contributed by atoms with E-state index in [2.05, 4.69) is 15.5 Å². The Labute approximate surface area is 200 Å². The number of fused-ring (bicyclic) bond motifs is 3. The molecule has 0 spiro atoms. The summed E-state index contributed by atoms with van der Waals surface area (Å²) in [5.74, 6) is 0.439. The van der Waals surface area contributed by atoms with Crippen LogP contribution in [0.5, 0.6) is 0 Å². The average Bonchev–Trinajstić information content (AvgIpc) is 3.25. The normalized spacial score (nSPS) is 11.3. The molecule has 5 rings (SSSR count). The number of amides is 1. The van der Waals surface area contributed by atoms with E-state index < -0.39 is 0 Å². The zero-order valence-corrected chi connectivity index (χ0v) is 19.9. The maximum atomic E-state index is 13.5. The first kappa shape index (κ1) is 21.9. The van der Waals surface area contributed by atoms with Crippen LogP contribution in [0.2, 0.25) is 0 Å². The van der Waals surface area contributed by atoms with Gasteiger partial charge in [0, 0.05) is 5.69 Å². The topological polar surface area (TPSA) is 81.3 Å². The fourth-order valence-corrected chi connectivity index (χ4v) is 4.72. The number of hydrogen-bond acceptors (Lipinski definition) is 5. The molecule has 3 aromatic carbocycles. The Balaban J connectivity index is 1.59. The molecule has 2 heterocycles. The van der Waals surface area contributed by atoms with E-state index in [1.54, 1.807) is 10.6 Å². The SMILES string of the molecule is Cc1ccc(C)c(-n2c(=O)c3ccccc3n3c(SCC(=O)Nc4ccccc4C)nnc23)c1. The standard InChI is InChI=1S/C26H23N5O2S/c1-16-12-13-18(3)22(14-16)30-24(33)19-9-5-7-11-21(19)31-25(30)28-29-26(31)34-15-23(32)27-20-10-6-4-8-17(20)2/h4-14H,15H2,1-3H3,(H,27,32). The third-order valence-electron chi connectivity index (χ3n) is 5.75. The number of para-hydroxylation sites is 2. The highest BCUT2D eigenvalue weighted by Gasteiger charge is 2.19. The van der Waals surface area contributed by atoms with Gasteiger partial charge < -0.3 is 5.32 Å². The van der Waals surface area contributed by atoms with Gasteiger partial charge in [0.1, 0.15) is 0 Å². The number of hydrogen-bond donors (Lipinski definition) is 1. The van der Waals surface area contributed by atoms with Crippen molar-refractivity contribution in [2.24, 2.45) is 0 Å². The number of aryl methyl sites for hydroxylation is 3. The van der Waals surface area contributed by atoms with E-state index in [4.69, 9.17) is 0 Å². The lowest BCUT2D eigenvalue weighted by atomic mass is 10.1. The molecule has 0 atom stereocenters. The van der Waals surface area contributed by atoms with Crippen LogP contribution < -0.4 is 10.9 Å². The summed E-state index contributed by atoms with van der Waals surface area (Å²) >= 11 is 1.28. The maximum absolute atomic E-state index is 13.5. The van der Waals surface area contributed by atoms with E-state index >= 15 is 0 Å². The summed E-state index contributed by atoms with van der Waals surface area (Å²) in [6.45, 7) is 5.91. The van der Waals surface area contributed by atoms with Crippen molar-refractivity contribution in [2.75, 3.05) is 11.1 Å². The molecule has 0 fully saturated rings. The van der Waals surface area contributed by atoms with E-state index in [9.17, 15) is 9.59 Å². The Hall–Kier alpha value is -3.91. The molecule has 0 saturated carbocycles. The highest BCUT2D eigenvalue weighted by atomic mass is 32.2. The molecule has 170 valence electrons. The predicted octanol–water partition coefficient (Wildman–Crippen LogP) is 4.69. The van der Waals surface area contributed by atoms with Gasteiger partial charge in [-0.25, -0.2) is 4.57 Å². The number of nitrogens with one attached hydrogen (secondary N) is 1. The number of anilines is 1. The number of thioether (sulfide) groups is 1. The number of benzene rings is 3. The summed E-state index contributed by atoms with van der Waals surface area (Å²) in [4.78, 5) is 26.2. The highest BCUT2D eigenvalue weighted by molar-refractivity contribution is 7.99. The van der Waals surface area contributed by atoms with Gasteiger partial charge in [-0.2, -0.15) is 0 Å². The second-order valence-corrected chi connectivity index (χ2v) is 9.16. The van der Waals surface area contributed by atoms with Gasteiger partial charge in [-0.15, -0.1) is 10.2 Å². The molecular weight excluding hydrogens is 446 g/mol. The molecule has 1 amide bonds. The first-order chi connectivity index (χ1) is 16.4. The summed E-state index contributed by atoms with van der Waals surface area (Å²) in [5, 5.41) is 12.8. The van der Waals surface area contributed by atoms with Crippen LogP contribution in [-0.2, 0) is 4.79 Å². The number of carbonyl (C=O) groups is 1. The molecule has 1 N–H and O–H groups in total. The number of aromatic nitrogens is 4. The van der Waals surface area contributed by atoms with Crippen molar-refractivity contribution in [3.63, 3.8) is 0 Å². The highest BCUT2D eigenvalue weighted by Crippen LogP contribution is 2.25. The summed E-state index contributed by atoms with van der Waals surface area (Å²) in [7, 11) is 0. The number of nitrogens with zero attached hydrogens (tertiary/aromatic N) is 4. The molecule has 0 aliphatic rings. The Bertz CT molecular complexity index is 1620. The van der Waals surface area contributed by atoms with Gasteiger partial charge in [0.25, 0.3) is 5.56 Å². The number of carbonyl (C=O) groups excluding carboxylic acids is 1. The first-order valence-electron chi connectivity index (χ1n) is 10.9. The summed E-state index contributed by atoms with van der Waals surface area (Å²) < 4.78 is 3.46. The molecule has 7 nitrogen and oxygen atoms in total. The third-order valence-corrected chi connectivity index (χ3v) is 6.68. The van der Waals surface area contributed by atoms with Gasteiger partial charge in [0.05, 0.1) is 22.3 Å². The van der Waals surface area contributed by atoms with Gasteiger partial charge in [-0.1, -0.05) is 54.2 Å². The van der Waals surface area contributed by atoms with Crippen LogP contribution in [0.15, 0.2) is 76.7 Å². The molecule has 0 aliphatic heterocycles. The zero-order chi connectivity index (χ0) is 23.8. The molecule has 8 heteroatoms. The maximum Gasteiger partial charge on any atom is 0.267 e. The van der Waals surface area contributed by atoms with Crippen molar-refractivity contribution in [1.29, 1.82) is 0 Å². The minimum absolute atomic E-state index is 0.136. The quantitative estimate of drug-likeness (QED) is 0.378. The van der Waals surface area contributed by atoms with Crippen LogP contribution in [-0.4, -0.2) is 30.8 Å². The molecule has 5 aromatic rings. The minimum atomic E-state index is -0.155. The van der Waals surface area contributed by atoms with Crippen LogP contribution in [0.1, 0.15) is 16.7 Å². The Morgan fingerprint density at radius 2 is 1.71 bits per heavy atom. The second-order valence-electron chi connectivity index (χ2n) is 8.22. The van der Waals surface area contributed by atoms with Crippen LogP contribution in [0.4, 0.5) is 5.69 Å². The fourth-order valence-electron chi connectivity index (χ4n) is 3.98. The minimum Gasteiger partial charge on any atom is -0.325 e. The molecule has 2 aromatic heterocycles. The van der Waals surface area contributed by atoms with Crippen molar-refractivity contribution in [2.45, 2.75) is 25.9 Å². The Morgan fingerprint density at radius 1 is 0.941 bits per heavy atom. The fraction of sp³-hybridized carbons (Fsp3) is 0.154. The Kier molecular flexibility index (Phi) is 5.67. The van der Waals surface area contributed by atoms with Gasteiger partial charge in [0.15, 0.2) is 5.16 Å². The molecule has 0 radical (unpaired) electrons. The summed E-state index contributed by atoms with van der Waals surface area (Å²) in [6, 6.07) is 21.0. The van der Waals surface area contributed by atoms with Crippen molar-refractivity contribution in [1.82, 2.24) is 19.2 Å². The zero-order valence-electron chi connectivity index (χ0n) is 19.1.